The molecule has 2 rings (SSSR count). The van der Waals surface area contributed by atoms with Gasteiger partial charge >= 0.3 is 5.69 Å². The number of ether oxygens (including phenoxy) is 1. The summed E-state index contributed by atoms with van der Waals surface area (Å²) in [4.78, 5) is 24.2. The number of aliphatic hydroxyl groups excluding tert-OH is 2. The second-order valence-corrected chi connectivity index (χ2v) is 3.43. The van der Waals surface area contributed by atoms with Crippen LogP contribution in [0.4, 0.5) is 0 Å². The molecule has 16 heavy (non-hydrogen) atoms. The van der Waals surface area contributed by atoms with E-state index in [-0.39, 0.29) is 5.76 Å². The first-order valence-electron chi connectivity index (χ1n) is 4.54. The fourth-order valence-corrected chi connectivity index (χ4v) is 1.49. The molecule has 0 saturated carbocycles. The zero-order chi connectivity index (χ0) is 11.9. The van der Waals surface area contributed by atoms with Crippen LogP contribution in [-0.2, 0) is 4.74 Å². The van der Waals surface area contributed by atoms with E-state index < -0.39 is 29.7 Å². The molecule has 1 aromatic rings. The first kappa shape index (κ1) is 10.7. The van der Waals surface area contributed by atoms with Crippen molar-refractivity contribution < 1.29 is 14.9 Å². The zero-order valence-corrected chi connectivity index (χ0v) is 8.16. The third-order valence-electron chi connectivity index (χ3n) is 2.34. The molecule has 0 bridgehead atoms. The van der Waals surface area contributed by atoms with Gasteiger partial charge in [-0.1, -0.05) is 6.58 Å². The quantitative estimate of drug-likeness (QED) is 0.529. The van der Waals surface area contributed by atoms with Crippen molar-refractivity contribution in [2.24, 2.45) is 0 Å². The molecule has 0 radical (unpaired) electrons. The minimum Gasteiger partial charge on any atom is -0.469 e. The van der Waals surface area contributed by atoms with Crippen molar-refractivity contribution in [1.29, 1.82) is 0 Å². The van der Waals surface area contributed by atoms with Crippen molar-refractivity contribution in [2.75, 3.05) is 0 Å². The van der Waals surface area contributed by atoms with Gasteiger partial charge in [0, 0.05) is 12.3 Å². The smallest absolute Gasteiger partial charge is 0.331 e. The van der Waals surface area contributed by atoms with E-state index in [4.69, 9.17) is 4.74 Å². The molecule has 1 aliphatic heterocycles. The third-order valence-corrected chi connectivity index (χ3v) is 2.34. The SMILES string of the molecule is C=C1OC(n2ccc(=O)[nH]c2=O)C(O)C1O. The average Bonchev–Trinajstić information content (AvgIpc) is 2.46. The van der Waals surface area contributed by atoms with Crippen LogP contribution in [0.15, 0.2) is 34.2 Å². The van der Waals surface area contributed by atoms with Crippen LogP contribution in [-0.4, -0.2) is 32.0 Å². The molecule has 3 atom stereocenters. The average molecular weight is 226 g/mol. The maximum atomic E-state index is 11.4. The predicted molar refractivity (Wildman–Crippen MR) is 52.6 cm³/mol. The monoisotopic (exact) mass is 226 g/mol. The first-order valence-corrected chi connectivity index (χ1v) is 4.54. The molecular formula is C9H10N2O5. The summed E-state index contributed by atoms with van der Waals surface area (Å²) >= 11 is 0. The molecule has 2 heterocycles. The number of aromatic nitrogens is 2. The summed E-state index contributed by atoms with van der Waals surface area (Å²) in [6, 6.07) is 1.12. The van der Waals surface area contributed by atoms with Gasteiger partial charge < -0.3 is 14.9 Å². The van der Waals surface area contributed by atoms with Crippen molar-refractivity contribution in [1.82, 2.24) is 9.55 Å². The Bertz CT molecular complexity index is 531. The second-order valence-electron chi connectivity index (χ2n) is 3.43. The number of aromatic amines is 1. The minimum absolute atomic E-state index is 0.0180. The van der Waals surface area contributed by atoms with Gasteiger partial charge in [0.2, 0.25) is 6.23 Å². The summed E-state index contributed by atoms with van der Waals surface area (Å²) in [5.41, 5.74) is -1.27. The molecule has 1 fully saturated rings. The fraction of sp³-hybridized carbons (Fsp3) is 0.333. The fourth-order valence-electron chi connectivity index (χ4n) is 1.49. The highest BCUT2D eigenvalue weighted by Gasteiger charge is 2.40. The molecule has 1 aliphatic rings. The lowest BCUT2D eigenvalue weighted by Gasteiger charge is -2.15. The topological polar surface area (TPSA) is 105 Å². The van der Waals surface area contributed by atoms with Crippen molar-refractivity contribution in [3.05, 3.63) is 45.4 Å². The first-order chi connectivity index (χ1) is 7.50. The maximum absolute atomic E-state index is 11.4. The molecule has 7 nitrogen and oxygen atoms in total. The van der Waals surface area contributed by atoms with Gasteiger partial charge in [0.15, 0.2) is 0 Å². The molecule has 0 amide bonds. The number of hydrogen-bond donors (Lipinski definition) is 3. The second kappa shape index (κ2) is 3.62. The molecule has 3 N–H and O–H groups in total. The normalized spacial score (nSPS) is 29.1. The van der Waals surface area contributed by atoms with Crippen molar-refractivity contribution in [2.45, 2.75) is 18.4 Å². The van der Waals surface area contributed by atoms with E-state index in [0.29, 0.717) is 0 Å². The van der Waals surface area contributed by atoms with Crippen LogP contribution in [0.5, 0.6) is 0 Å². The summed E-state index contributed by atoms with van der Waals surface area (Å²) in [7, 11) is 0. The largest absolute Gasteiger partial charge is 0.469 e. The van der Waals surface area contributed by atoms with Gasteiger partial charge in [-0.25, -0.2) is 4.79 Å². The number of nitrogens with zero attached hydrogens (tertiary/aromatic N) is 1. The molecule has 7 heteroatoms. The van der Waals surface area contributed by atoms with Gasteiger partial charge in [0.1, 0.15) is 18.0 Å². The molecular weight excluding hydrogens is 216 g/mol. The summed E-state index contributed by atoms with van der Waals surface area (Å²) in [6.07, 6.45) is -2.44. The summed E-state index contributed by atoms with van der Waals surface area (Å²) in [5.74, 6) is -0.0180. The van der Waals surface area contributed by atoms with Crippen molar-refractivity contribution in [3.8, 4) is 0 Å². The molecule has 0 aromatic carbocycles. The Labute approximate surface area is 89.2 Å². The van der Waals surface area contributed by atoms with Crippen LogP contribution in [0.2, 0.25) is 0 Å². The van der Waals surface area contributed by atoms with Crippen molar-refractivity contribution in [3.63, 3.8) is 0 Å². The van der Waals surface area contributed by atoms with Gasteiger partial charge in [-0.15, -0.1) is 0 Å². The third kappa shape index (κ3) is 1.55. The van der Waals surface area contributed by atoms with Crippen molar-refractivity contribution >= 4 is 0 Å². The van der Waals surface area contributed by atoms with Crippen LogP contribution in [0, 0.1) is 0 Å². The van der Waals surface area contributed by atoms with Gasteiger partial charge in [0.25, 0.3) is 5.56 Å². The van der Waals surface area contributed by atoms with E-state index in [1.807, 2.05) is 4.98 Å². The molecule has 0 spiro atoms. The molecule has 1 saturated heterocycles. The molecule has 86 valence electrons. The maximum Gasteiger partial charge on any atom is 0.331 e. The molecule has 0 aliphatic carbocycles. The van der Waals surface area contributed by atoms with Crippen LogP contribution >= 0.6 is 0 Å². The number of rotatable bonds is 1. The Kier molecular flexibility index (Phi) is 2.41. The lowest BCUT2D eigenvalue weighted by Crippen LogP contribution is -2.37. The minimum atomic E-state index is -1.30. The Morgan fingerprint density at radius 3 is 2.62 bits per heavy atom. The Hall–Kier alpha value is -1.86. The highest BCUT2D eigenvalue weighted by atomic mass is 16.5. The Morgan fingerprint density at radius 1 is 1.44 bits per heavy atom. The highest BCUT2D eigenvalue weighted by molar-refractivity contribution is 5.05. The van der Waals surface area contributed by atoms with Gasteiger partial charge in [-0.05, 0) is 0 Å². The zero-order valence-electron chi connectivity index (χ0n) is 8.16. The van der Waals surface area contributed by atoms with Crippen LogP contribution in [0.1, 0.15) is 6.23 Å². The molecule has 1 aromatic heterocycles. The number of aliphatic hydroxyl groups is 2. The van der Waals surface area contributed by atoms with E-state index in [2.05, 4.69) is 6.58 Å². The Morgan fingerprint density at radius 2 is 2.12 bits per heavy atom. The summed E-state index contributed by atoms with van der Waals surface area (Å²) in [6.45, 7) is 3.39. The number of hydrogen-bond acceptors (Lipinski definition) is 5. The van der Waals surface area contributed by atoms with Crippen LogP contribution < -0.4 is 11.2 Å². The molecule has 3 unspecified atom stereocenters. The summed E-state index contributed by atoms with van der Waals surface area (Å²) in [5, 5.41) is 19.0. The standard InChI is InChI=1S/C9H10N2O5/c1-4-6(13)7(14)8(16-4)11-3-2-5(12)10-9(11)15/h2-3,6-8,13-14H,1H2,(H,10,12,15). The highest BCUT2D eigenvalue weighted by Crippen LogP contribution is 2.29. The van der Waals surface area contributed by atoms with E-state index >= 15 is 0 Å². The Balaban J connectivity index is 2.43. The van der Waals surface area contributed by atoms with E-state index in [1.165, 1.54) is 6.20 Å². The van der Waals surface area contributed by atoms with Crippen LogP contribution in [0.25, 0.3) is 0 Å². The predicted octanol–water partition coefficient (Wildman–Crippen LogP) is -1.70. The van der Waals surface area contributed by atoms with E-state index in [0.717, 1.165) is 10.6 Å². The van der Waals surface area contributed by atoms with Gasteiger partial charge in [-0.3, -0.25) is 14.3 Å². The van der Waals surface area contributed by atoms with E-state index in [1.54, 1.807) is 0 Å². The lowest BCUT2D eigenvalue weighted by atomic mass is 10.2. The summed E-state index contributed by atoms with van der Waals surface area (Å²) < 4.78 is 6.02. The van der Waals surface area contributed by atoms with Gasteiger partial charge in [-0.2, -0.15) is 0 Å². The van der Waals surface area contributed by atoms with Crippen LogP contribution in [0.3, 0.4) is 0 Å². The van der Waals surface area contributed by atoms with E-state index in [9.17, 15) is 19.8 Å². The number of nitrogens with one attached hydrogen (secondary N) is 1. The van der Waals surface area contributed by atoms with Gasteiger partial charge in [0.05, 0.1) is 0 Å². The lowest BCUT2D eigenvalue weighted by molar-refractivity contribution is -0.0163. The number of H-pyrrole nitrogens is 1.